The Bertz CT molecular complexity index is 422. The highest BCUT2D eigenvalue weighted by Gasteiger charge is 2.38. The van der Waals surface area contributed by atoms with Crippen molar-refractivity contribution in [1.29, 1.82) is 0 Å². The quantitative estimate of drug-likeness (QED) is 0.740. The van der Waals surface area contributed by atoms with Gasteiger partial charge in [-0.15, -0.1) is 0 Å². The zero-order chi connectivity index (χ0) is 16.6. The number of pyridine rings is 1. The van der Waals surface area contributed by atoms with Gasteiger partial charge in [-0.1, -0.05) is 12.5 Å². The van der Waals surface area contributed by atoms with E-state index in [0.717, 1.165) is 12.8 Å². The molecule has 8 heteroatoms. The van der Waals surface area contributed by atoms with E-state index in [1.165, 1.54) is 18.3 Å². The second kappa shape index (κ2) is 8.40. The molecular weight excluding hydrogens is 300 g/mol. The number of nitrogens with one attached hydrogen (secondary N) is 1. The van der Waals surface area contributed by atoms with Crippen molar-refractivity contribution < 1.29 is 17.6 Å². The molecule has 0 aliphatic carbocycles. The minimum atomic E-state index is -3.00. The third-order valence-corrected chi connectivity index (χ3v) is 3.39. The minimum absolute atomic E-state index is 0.275. The summed E-state index contributed by atoms with van der Waals surface area (Å²) in [5, 5.41) is 2.78. The average molecular weight is 322 g/mol. The maximum atomic E-state index is 12.9. The first-order chi connectivity index (χ1) is 10.3. The largest absolute Gasteiger partial charge is 0.325 e. The van der Waals surface area contributed by atoms with Gasteiger partial charge in [-0.2, -0.15) is 8.78 Å². The second-order valence-electron chi connectivity index (χ2n) is 5.09. The standard InChI is InChI=1S/C7H14F2N2.C7H8F2N2/c2*8-7(9,5-10)6-3-1-2-4-11-6/h6,11H,1-5,10H2;1-4H,5,10H2. The molecule has 0 saturated carbocycles. The van der Waals surface area contributed by atoms with Crippen molar-refractivity contribution in [2.24, 2.45) is 11.5 Å². The van der Waals surface area contributed by atoms with Crippen LogP contribution in [0.3, 0.4) is 0 Å². The van der Waals surface area contributed by atoms with Crippen LogP contribution in [0.1, 0.15) is 25.0 Å². The number of halogens is 4. The van der Waals surface area contributed by atoms with Gasteiger partial charge >= 0.3 is 5.92 Å². The number of hydrogen-bond acceptors (Lipinski definition) is 4. The van der Waals surface area contributed by atoms with Crippen molar-refractivity contribution in [2.45, 2.75) is 37.1 Å². The lowest BCUT2D eigenvalue weighted by Crippen LogP contribution is -2.51. The first kappa shape index (κ1) is 18.8. The summed E-state index contributed by atoms with van der Waals surface area (Å²) in [6.45, 7) is -0.561. The van der Waals surface area contributed by atoms with Crippen LogP contribution in [0, 0.1) is 0 Å². The molecule has 1 saturated heterocycles. The molecule has 1 atom stereocenters. The van der Waals surface area contributed by atoms with Gasteiger partial charge in [0.25, 0.3) is 5.92 Å². The molecule has 2 rings (SSSR count). The van der Waals surface area contributed by atoms with Crippen LogP contribution in [0.2, 0.25) is 0 Å². The predicted molar refractivity (Wildman–Crippen MR) is 76.8 cm³/mol. The highest BCUT2D eigenvalue weighted by molar-refractivity contribution is 5.09. The lowest BCUT2D eigenvalue weighted by Gasteiger charge is -2.29. The fraction of sp³-hybridized carbons (Fsp3) is 0.643. The Hall–Kier alpha value is -1.25. The molecular formula is C14H22F4N4. The van der Waals surface area contributed by atoms with Crippen LogP contribution in [0.4, 0.5) is 17.6 Å². The number of alkyl halides is 4. The Kier molecular flexibility index (Phi) is 7.18. The fourth-order valence-electron chi connectivity index (χ4n) is 2.04. The highest BCUT2D eigenvalue weighted by atomic mass is 19.3. The molecule has 0 aromatic carbocycles. The average Bonchev–Trinajstić information content (AvgIpc) is 2.57. The van der Waals surface area contributed by atoms with Crippen LogP contribution in [-0.2, 0) is 5.92 Å². The van der Waals surface area contributed by atoms with Crippen LogP contribution in [0.25, 0.3) is 0 Å². The molecule has 0 radical (unpaired) electrons. The first-order valence-electron chi connectivity index (χ1n) is 7.14. The van der Waals surface area contributed by atoms with Crippen molar-refractivity contribution in [2.75, 3.05) is 19.6 Å². The fourth-order valence-corrected chi connectivity index (χ4v) is 2.04. The molecule has 126 valence electrons. The van der Waals surface area contributed by atoms with Crippen molar-refractivity contribution in [3.63, 3.8) is 0 Å². The lowest BCUT2D eigenvalue weighted by molar-refractivity contribution is -0.0357. The number of rotatable bonds is 4. The summed E-state index contributed by atoms with van der Waals surface area (Å²) in [5.41, 5.74) is 9.52. The summed E-state index contributed by atoms with van der Waals surface area (Å²) >= 11 is 0. The lowest BCUT2D eigenvalue weighted by atomic mass is 9.99. The molecule has 1 fully saturated rings. The van der Waals surface area contributed by atoms with Crippen molar-refractivity contribution in [1.82, 2.24) is 10.3 Å². The van der Waals surface area contributed by atoms with Crippen LogP contribution in [-0.4, -0.2) is 36.6 Å². The Morgan fingerprint density at radius 1 is 1.14 bits per heavy atom. The third-order valence-electron chi connectivity index (χ3n) is 3.39. The summed E-state index contributed by atoms with van der Waals surface area (Å²) in [4.78, 5) is 3.49. The van der Waals surface area contributed by atoms with Gasteiger partial charge in [0, 0.05) is 6.20 Å². The molecule has 1 aromatic rings. The number of aromatic nitrogens is 1. The van der Waals surface area contributed by atoms with E-state index >= 15 is 0 Å². The molecule has 5 N–H and O–H groups in total. The van der Waals surface area contributed by atoms with Gasteiger partial charge < -0.3 is 16.8 Å². The number of nitrogens with zero attached hydrogens (tertiary/aromatic N) is 1. The van der Waals surface area contributed by atoms with Crippen LogP contribution >= 0.6 is 0 Å². The Balaban J connectivity index is 0.000000220. The van der Waals surface area contributed by atoms with Gasteiger partial charge in [-0.3, -0.25) is 4.98 Å². The molecule has 1 unspecified atom stereocenters. The van der Waals surface area contributed by atoms with E-state index in [-0.39, 0.29) is 5.69 Å². The number of hydrogen-bond donors (Lipinski definition) is 3. The summed E-state index contributed by atoms with van der Waals surface area (Å²) in [5.74, 6) is -5.72. The molecule has 1 aliphatic rings. The van der Waals surface area contributed by atoms with E-state index in [4.69, 9.17) is 11.5 Å². The number of piperidine rings is 1. The van der Waals surface area contributed by atoms with Gasteiger partial charge in [0.2, 0.25) is 0 Å². The van der Waals surface area contributed by atoms with Gasteiger partial charge in [0.05, 0.1) is 19.1 Å². The molecule has 22 heavy (non-hydrogen) atoms. The van der Waals surface area contributed by atoms with Gasteiger partial charge in [0.1, 0.15) is 5.69 Å². The Labute approximate surface area is 127 Å². The summed E-state index contributed by atoms with van der Waals surface area (Å²) in [6, 6.07) is 3.65. The molecule has 0 bridgehead atoms. The smallest absolute Gasteiger partial charge is 0.301 e. The Morgan fingerprint density at radius 3 is 2.32 bits per heavy atom. The topological polar surface area (TPSA) is 77.0 Å². The van der Waals surface area contributed by atoms with Crippen molar-refractivity contribution in [3.8, 4) is 0 Å². The molecule has 0 spiro atoms. The van der Waals surface area contributed by atoms with E-state index in [1.807, 2.05) is 0 Å². The normalized spacial score (nSPS) is 19.3. The molecule has 1 aliphatic heterocycles. The molecule has 2 heterocycles. The maximum absolute atomic E-state index is 12.9. The Morgan fingerprint density at radius 2 is 1.86 bits per heavy atom. The van der Waals surface area contributed by atoms with Crippen molar-refractivity contribution in [3.05, 3.63) is 30.1 Å². The van der Waals surface area contributed by atoms with E-state index < -0.39 is 31.0 Å². The van der Waals surface area contributed by atoms with Crippen LogP contribution in [0.5, 0.6) is 0 Å². The maximum Gasteiger partial charge on any atom is 0.301 e. The van der Waals surface area contributed by atoms with E-state index in [0.29, 0.717) is 13.0 Å². The molecule has 4 nitrogen and oxygen atoms in total. The third kappa shape index (κ3) is 5.51. The van der Waals surface area contributed by atoms with Crippen molar-refractivity contribution >= 4 is 0 Å². The number of nitrogens with two attached hydrogens (primary N) is 2. The molecule has 0 amide bonds. The monoisotopic (exact) mass is 322 g/mol. The van der Waals surface area contributed by atoms with E-state index in [9.17, 15) is 17.6 Å². The SMILES string of the molecule is NCC(F)(F)C1CCCCN1.NCC(F)(F)c1ccccn1. The summed E-state index contributed by atoms with van der Waals surface area (Å²) in [7, 11) is 0. The highest BCUT2D eigenvalue weighted by Crippen LogP contribution is 2.24. The van der Waals surface area contributed by atoms with Gasteiger partial charge in [0.15, 0.2) is 0 Å². The molecule has 1 aromatic heterocycles. The first-order valence-corrected chi connectivity index (χ1v) is 7.14. The van der Waals surface area contributed by atoms with Crippen LogP contribution < -0.4 is 16.8 Å². The predicted octanol–water partition coefficient (Wildman–Crippen LogP) is 1.85. The zero-order valence-corrected chi connectivity index (χ0v) is 12.2. The van der Waals surface area contributed by atoms with Crippen LogP contribution in [0.15, 0.2) is 24.4 Å². The summed E-state index contributed by atoms with van der Waals surface area (Å²) in [6.07, 6.45) is 3.74. The zero-order valence-electron chi connectivity index (χ0n) is 12.2. The minimum Gasteiger partial charge on any atom is -0.325 e. The van der Waals surface area contributed by atoms with E-state index in [1.54, 1.807) is 6.07 Å². The van der Waals surface area contributed by atoms with Gasteiger partial charge in [-0.05, 0) is 31.5 Å². The van der Waals surface area contributed by atoms with E-state index in [2.05, 4.69) is 10.3 Å². The summed E-state index contributed by atoms with van der Waals surface area (Å²) < 4.78 is 51.1. The van der Waals surface area contributed by atoms with Gasteiger partial charge in [-0.25, -0.2) is 8.78 Å². The second-order valence-corrected chi connectivity index (χ2v) is 5.09.